The quantitative estimate of drug-likeness (QED) is 0.736. The first kappa shape index (κ1) is 18.1. The molecule has 0 heterocycles. The van der Waals surface area contributed by atoms with Crippen molar-refractivity contribution >= 4 is 24.2 Å². The van der Waals surface area contributed by atoms with Crippen LogP contribution in [0.4, 0.5) is 0 Å². The van der Waals surface area contributed by atoms with Crippen molar-refractivity contribution in [2.75, 3.05) is 0 Å². The summed E-state index contributed by atoms with van der Waals surface area (Å²) in [5, 5.41) is 2.91. The van der Waals surface area contributed by atoms with Gasteiger partial charge in [0, 0.05) is 12.3 Å². The van der Waals surface area contributed by atoms with Gasteiger partial charge in [-0.1, -0.05) is 105 Å². The van der Waals surface area contributed by atoms with Crippen molar-refractivity contribution in [1.29, 1.82) is 0 Å². The molecule has 3 rings (SSSR count). The van der Waals surface area contributed by atoms with Gasteiger partial charge in [-0.15, -0.1) is 0 Å². The van der Waals surface area contributed by atoms with Gasteiger partial charge >= 0.3 is 0 Å². The molecule has 1 saturated carbocycles. The Morgan fingerprint density at radius 3 is 1.80 bits per heavy atom. The van der Waals surface area contributed by atoms with Crippen LogP contribution < -0.4 is 10.4 Å². The summed E-state index contributed by atoms with van der Waals surface area (Å²) in [5.41, 5.74) is 0.471. The summed E-state index contributed by atoms with van der Waals surface area (Å²) >= 11 is 0. The minimum Gasteiger partial charge on any atom is -0.299 e. The molecule has 2 aromatic rings. The van der Waals surface area contributed by atoms with Crippen molar-refractivity contribution in [3.63, 3.8) is 0 Å². The number of carbonyl (C=O) groups excluding carboxylic acids is 1. The number of Topliss-reactive ketones (excluding diaryl/α,β-unsaturated/α-hetero) is 1. The van der Waals surface area contributed by atoms with E-state index in [-0.39, 0.29) is 11.3 Å². The fraction of sp³-hybridized carbons (Fsp3) is 0.435. The molecule has 0 bridgehead atoms. The van der Waals surface area contributed by atoms with Gasteiger partial charge in [0.25, 0.3) is 0 Å². The van der Waals surface area contributed by atoms with Crippen molar-refractivity contribution in [1.82, 2.24) is 0 Å². The Morgan fingerprint density at radius 2 is 1.36 bits per heavy atom. The first-order chi connectivity index (χ1) is 11.8. The maximum atomic E-state index is 13.0. The number of rotatable bonds is 3. The van der Waals surface area contributed by atoms with E-state index < -0.39 is 8.07 Å². The summed E-state index contributed by atoms with van der Waals surface area (Å²) in [7, 11) is -2.04. The molecule has 0 N–H and O–H groups in total. The van der Waals surface area contributed by atoms with Crippen LogP contribution in [0.1, 0.15) is 40.0 Å². The predicted molar refractivity (Wildman–Crippen MR) is 109 cm³/mol. The normalized spacial score (nSPS) is 22.0. The van der Waals surface area contributed by atoms with E-state index in [9.17, 15) is 4.79 Å². The summed E-state index contributed by atoms with van der Waals surface area (Å²) in [4.78, 5) is 13.0. The third-order valence-electron chi connectivity index (χ3n) is 6.11. The Bertz CT molecular complexity index is 675. The first-order valence-electron chi connectivity index (χ1n) is 9.49. The van der Waals surface area contributed by atoms with Crippen molar-refractivity contribution in [3.8, 4) is 0 Å². The van der Waals surface area contributed by atoms with Crippen LogP contribution in [0.2, 0.25) is 12.1 Å². The largest absolute Gasteiger partial charge is 0.299 e. The lowest BCUT2D eigenvalue weighted by atomic mass is 9.71. The zero-order valence-electron chi connectivity index (χ0n) is 16.0. The van der Waals surface area contributed by atoms with Crippen LogP contribution in [0.5, 0.6) is 0 Å². The van der Waals surface area contributed by atoms with Gasteiger partial charge < -0.3 is 0 Å². The molecule has 2 aromatic carbocycles. The monoisotopic (exact) mass is 350 g/mol. The van der Waals surface area contributed by atoms with E-state index in [1.54, 1.807) is 0 Å². The van der Waals surface area contributed by atoms with Crippen LogP contribution >= 0.6 is 0 Å². The van der Waals surface area contributed by atoms with Crippen molar-refractivity contribution in [2.24, 2.45) is 11.3 Å². The SMILES string of the molecule is CC(C)(C)[C@H]1C(=O)CCC[C@@H]1[Si](C)(c1ccccc1)c1ccccc1. The molecule has 0 amide bonds. The number of hydrogen-bond acceptors (Lipinski definition) is 1. The lowest BCUT2D eigenvalue weighted by Crippen LogP contribution is -2.63. The molecule has 0 spiro atoms. The molecule has 1 fully saturated rings. The van der Waals surface area contributed by atoms with Gasteiger partial charge in [-0.3, -0.25) is 4.79 Å². The van der Waals surface area contributed by atoms with E-state index in [0.29, 0.717) is 11.3 Å². The molecule has 0 aliphatic heterocycles. The van der Waals surface area contributed by atoms with Crippen LogP contribution in [0.3, 0.4) is 0 Å². The average molecular weight is 351 g/mol. The lowest BCUT2D eigenvalue weighted by Gasteiger charge is -2.47. The standard InChI is InChI=1S/C23H30OSi/c1-23(2,3)22-20(24)16-11-17-21(22)25(4,18-12-7-5-8-13-18)19-14-9-6-10-15-19/h5-10,12-15,21-22H,11,16-17H2,1-4H3/t21-,22-/m0/s1. The molecule has 2 heteroatoms. The summed E-state index contributed by atoms with van der Waals surface area (Å²) in [6.07, 6.45) is 2.96. The lowest BCUT2D eigenvalue weighted by molar-refractivity contribution is -0.128. The van der Waals surface area contributed by atoms with Crippen LogP contribution in [0, 0.1) is 11.3 Å². The van der Waals surface area contributed by atoms with Gasteiger partial charge in [0.1, 0.15) is 13.9 Å². The minimum absolute atomic E-state index is 0.0139. The molecule has 2 atom stereocenters. The van der Waals surface area contributed by atoms with Crippen molar-refractivity contribution in [3.05, 3.63) is 60.7 Å². The topological polar surface area (TPSA) is 17.1 Å². The highest BCUT2D eigenvalue weighted by Gasteiger charge is 2.50. The van der Waals surface area contributed by atoms with Gasteiger partial charge in [0.05, 0.1) is 0 Å². The maximum Gasteiger partial charge on any atom is 0.136 e. The van der Waals surface area contributed by atoms with Gasteiger partial charge in [0.2, 0.25) is 0 Å². The van der Waals surface area contributed by atoms with E-state index in [4.69, 9.17) is 0 Å². The molecule has 1 aliphatic carbocycles. The summed E-state index contributed by atoms with van der Waals surface area (Å²) < 4.78 is 0. The molecule has 0 aromatic heterocycles. The highest BCUT2D eigenvalue weighted by molar-refractivity contribution is 7.02. The molecule has 1 nitrogen and oxygen atoms in total. The zero-order chi connectivity index (χ0) is 18.1. The zero-order valence-corrected chi connectivity index (χ0v) is 17.0. The van der Waals surface area contributed by atoms with E-state index in [1.165, 1.54) is 16.8 Å². The second-order valence-corrected chi connectivity index (χ2v) is 13.0. The highest BCUT2D eigenvalue weighted by atomic mass is 28.3. The fourth-order valence-electron chi connectivity index (χ4n) is 4.91. The second kappa shape index (κ2) is 6.91. The number of ketones is 1. The molecular formula is C23H30OSi. The van der Waals surface area contributed by atoms with Crippen molar-refractivity contribution < 1.29 is 4.79 Å². The number of benzene rings is 2. The number of carbonyl (C=O) groups is 1. The Balaban J connectivity index is 2.19. The van der Waals surface area contributed by atoms with Crippen LogP contribution in [-0.4, -0.2) is 13.9 Å². The van der Waals surface area contributed by atoms with Gasteiger partial charge in [-0.2, -0.15) is 0 Å². The predicted octanol–water partition coefficient (Wildman–Crippen LogP) is 4.66. The summed E-state index contributed by atoms with van der Waals surface area (Å²) in [6, 6.07) is 22.0. The summed E-state index contributed by atoms with van der Waals surface area (Å²) in [5.74, 6) is 0.632. The van der Waals surface area contributed by atoms with Gasteiger partial charge in [-0.25, -0.2) is 0 Å². The molecule has 25 heavy (non-hydrogen) atoms. The smallest absolute Gasteiger partial charge is 0.136 e. The van der Waals surface area contributed by atoms with Crippen LogP contribution in [-0.2, 0) is 4.79 Å². The van der Waals surface area contributed by atoms with Crippen LogP contribution in [0.15, 0.2) is 60.7 Å². The third-order valence-corrected chi connectivity index (χ3v) is 11.3. The van der Waals surface area contributed by atoms with E-state index in [2.05, 4.69) is 88.0 Å². The van der Waals surface area contributed by atoms with E-state index >= 15 is 0 Å². The third kappa shape index (κ3) is 3.37. The Morgan fingerprint density at radius 1 is 0.880 bits per heavy atom. The van der Waals surface area contributed by atoms with E-state index in [1.807, 2.05) is 0 Å². The highest BCUT2D eigenvalue weighted by Crippen LogP contribution is 2.47. The van der Waals surface area contributed by atoms with Crippen LogP contribution in [0.25, 0.3) is 0 Å². The first-order valence-corrected chi connectivity index (χ1v) is 12.1. The Hall–Kier alpha value is -1.67. The second-order valence-electron chi connectivity index (χ2n) is 8.74. The average Bonchev–Trinajstić information content (AvgIpc) is 2.61. The van der Waals surface area contributed by atoms with Gasteiger partial charge in [-0.05, 0) is 17.4 Å². The molecule has 132 valence electrons. The Labute approximate surface area is 153 Å². The number of hydrogen-bond donors (Lipinski definition) is 0. The Kier molecular flexibility index (Phi) is 5.01. The molecule has 0 saturated heterocycles. The minimum atomic E-state index is -2.04. The van der Waals surface area contributed by atoms with Crippen molar-refractivity contribution in [2.45, 2.75) is 52.1 Å². The molecular weight excluding hydrogens is 320 g/mol. The maximum absolute atomic E-state index is 13.0. The van der Waals surface area contributed by atoms with Gasteiger partial charge in [0.15, 0.2) is 0 Å². The summed E-state index contributed by atoms with van der Waals surface area (Å²) in [6.45, 7) is 9.23. The van der Waals surface area contributed by atoms with E-state index in [0.717, 1.165) is 12.8 Å². The molecule has 0 unspecified atom stereocenters. The molecule has 0 radical (unpaired) electrons. The fourth-order valence-corrected chi connectivity index (χ4v) is 10.0. The molecule has 1 aliphatic rings.